The largest absolute Gasteiger partial charge is 0.493 e. The molecule has 0 saturated carbocycles. The number of likely N-dealkylation sites (tertiary alicyclic amines) is 1. The number of carbonyl (C=O) groups excluding carboxylic acids is 1. The summed E-state index contributed by atoms with van der Waals surface area (Å²) < 4.78 is 10.5. The van der Waals surface area contributed by atoms with E-state index in [2.05, 4.69) is 13.8 Å². The fourth-order valence-electron chi connectivity index (χ4n) is 3.08. The first kappa shape index (κ1) is 16.7. The highest BCUT2D eigenvalue weighted by Crippen LogP contribution is 2.30. The molecule has 0 atom stereocenters. The van der Waals surface area contributed by atoms with E-state index in [1.54, 1.807) is 14.2 Å². The second kappa shape index (κ2) is 7.03. The topological polar surface area (TPSA) is 38.8 Å². The van der Waals surface area contributed by atoms with Gasteiger partial charge in [-0.05, 0) is 42.4 Å². The van der Waals surface area contributed by atoms with Crippen molar-refractivity contribution < 1.29 is 14.3 Å². The van der Waals surface area contributed by atoms with Gasteiger partial charge in [-0.1, -0.05) is 19.9 Å². The Bertz CT molecular complexity index is 525. The van der Waals surface area contributed by atoms with Crippen molar-refractivity contribution in [1.82, 2.24) is 4.90 Å². The fraction of sp³-hybridized carbons (Fsp3) is 0.611. The monoisotopic (exact) mass is 305 g/mol. The number of nitrogens with zero attached hydrogens (tertiary/aromatic N) is 1. The van der Waals surface area contributed by atoms with Crippen LogP contribution in [-0.2, 0) is 11.2 Å². The third-order valence-electron chi connectivity index (χ3n) is 4.33. The van der Waals surface area contributed by atoms with Gasteiger partial charge < -0.3 is 14.4 Å². The van der Waals surface area contributed by atoms with E-state index >= 15 is 0 Å². The molecule has 1 saturated heterocycles. The van der Waals surface area contributed by atoms with Gasteiger partial charge in [0.2, 0.25) is 5.91 Å². The van der Waals surface area contributed by atoms with Crippen molar-refractivity contribution in [1.29, 1.82) is 0 Å². The molecule has 1 aliphatic heterocycles. The van der Waals surface area contributed by atoms with Gasteiger partial charge in [0.1, 0.15) is 0 Å². The molecule has 0 aliphatic carbocycles. The predicted molar refractivity (Wildman–Crippen MR) is 87.5 cm³/mol. The molecule has 1 fully saturated rings. The highest BCUT2D eigenvalue weighted by Gasteiger charge is 2.28. The third-order valence-corrected chi connectivity index (χ3v) is 4.33. The zero-order valence-electron chi connectivity index (χ0n) is 14.1. The number of piperidine rings is 1. The Balaban J connectivity index is 1.93. The van der Waals surface area contributed by atoms with Gasteiger partial charge in [0.05, 0.1) is 14.2 Å². The average Bonchev–Trinajstić information content (AvgIpc) is 2.51. The SMILES string of the molecule is COc1ccc(CCC(=O)N2CCCC(C)(C)C2)cc1OC. The maximum Gasteiger partial charge on any atom is 0.222 e. The van der Waals surface area contributed by atoms with Crippen molar-refractivity contribution in [2.24, 2.45) is 5.41 Å². The van der Waals surface area contributed by atoms with Crippen LogP contribution < -0.4 is 9.47 Å². The summed E-state index contributed by atoms with van der Waals surface area (Å²) in [5.41, 5.74) is 1.35. The van der Waals surface area contributed by atoms with Crippen LogP contribution in [-0.4, -0.2) is 38.1 Å². The quantitative estimate of drug-likeness (QED) is 0.838. The molecule has 122 valence electrons. The number of amides is 1. The Morgan fingerprint density at radius 2 is 1.95 bits per heavy atom. The van der Waals surface area contributed by atoms with E-state index < -0.39 is 0 Å². The second-order valence-electron chi connectivity index (χ2n) is 6.77. The van der Waals surface area contributed by atoms with Crippen LogP contribution in [0.5, 0.6) is 11.5 Å². The molecule has 4 heteroatoms. The number of rotatable bonds is 5. The highest BCUT2D eigenvalue weighted by molar-refractivity contribution is 5.76. The van der Waals surface area contributed by atoms with Gasteiger partial charge in [-0.3, -0.25) is 4.79 Å². The van der Waals surface area contributed by atoms with E-state index in [1.165, 1.54) is 6.42 Å². The van der Waals surface area contributed by atoms with Crippen LogP contribution in [0.3, 0.4) is 0 Å². The normalized spacial score (nSPS) is 17.2. The third kappa shape index (κ3) is 4.15. The first-order valence-electron chi connectivity index (χ1n) is 7.94. The van der Waals surface area contributed by atoms with E-state index in [1.807, 2.05) is 23.1 Å². The number of carbonyl (C=O) groups is 1. The molecule has 2 rings (SSSR count). The molecule has 0 N–H and O–H groups in total. The molecule has 1 aromatic rings. The Morgan fingerprint density at radius 1 is 1.23 bits per heavy atom. The minimum absolute atomic E-state index is 0.247. The molecule has 1 amide bonds. The van der Waals surface area contributed by atoms with Crippen molar-refractivity contribution in [2.45, 2.75) is 39.5 Å². The number of hydrogen-bond donors (Lipinski definition) is 0. The lowest BCUT2D eigenvalue weighted by Gasteiger charge is -2.38. The number of benzene rings is 1. The van der Waals surface area contributed by atoms with Gasteiger partial charge in [-0.25, -0.2) is 0 Å². The van der Waals surface area contributed by atoms with Crippen molar-refractivity contribution in [3.05, 3.63) is 23.8 Å². The number of aryl methyl sites for hydroxylation is 1. The highest BCUT2D eigenvalue weighted by atomic mass is 16.5. The molecule has 1 heterocycles. The minimum atomic E-state index is 0.247. The van der Waals surface area contributed by atoms with E-state index in [4.69, 9.17) is 9.47 Å². The molecule has 0 radical (unpaired) electrons. The van der Waals surface area contributed by atoms with E-state index in [-0.39, 0.29) is 11.3 Å². The second-order valence-corrected chi connectivity index (χ2v) is 6.77. The summed E-state index contributed by atoms with van der Waals surface area (Å²) in [5.74, 6) is 1.68. The smallest absolute Gasteiger partial charge is 0.222 e. The van der Waals surface area contributed by atoms with Crippen LogP contribution in [0.4, 0.5) is 0 Å². The Kier molecular flexibility index (Phi) is 5.33. The van der Waals surface area contributed by atoms with Crippen LogP contribution >= 0.6 is 0 Å². The first-order chi connectivity index (χ1) is 10.4. The summed E-state index contributed by atoms with van der Waals surface area (Å²) in [6.45, 7) is 6.24. The van der Waals surface area contributed by atoms with Gasteiger partial charge in [0, 0.05) is 19.5 Å². The molecule has 1 aromatic carbocycles. The molecular formula is C18H27NO3. The summed E-state index contributed by atoms with van der Waals surface area (Å²) >= 11 is 0. The first-order valence-corrected chi connectivity index (χ1v) is 7.94. The number of hydrogen-bond acceptors (Lipinski definition) is 3. The summed E-state index contributed by atoms with van der Waals surface area (Å²) in [6.07, 6.45) is 3.59. The standard InChI is InChI=1S/C18H27NO3/c1-18(2)10-5-11-19(13-18)17(20)9-7-14-6-8-15(21-3)16(12-14)22-4/h6,8,12H,5,7,9-11,13H2,1-4H3. The van der Waals surface area contributed by atoms with Gasteiger partial charge >= 0.3 is 0 Å². The van der Waals surface area contributed by atoms with Crippen LogP contribution in [0.1, 0.15) is 38.7 Å². The van der Waals surface area contributed by atoms with Crippen molar-refractivity contribution in [3.8, 4) is 11.5 Å². The van der Waals surface area contributed by atoms with E-state index in [9.17, 15) is 4.79 Å². The van der Waals surface area contributed by atoms with Crippen LogP contribution in [0.15, 0.2) is 18.2 Å². The molecule has 1 aliphatic rings. The van der Waals surface area contributed by atoms with Crippen molar-refractivity contribution in [2.75, 3.05) is 27.3 Å². The number of methoxy groups -OCH3 is 2. The van der Waals surface area contributed by atoms with E-state index in [0.29, 0.717) is 12.2 Å². The lowest BCUT2D eigenvalue weighted by Crippen LogP contribution is -2.43. The van der Waals surface area contributed by atoms with Crippen LogP contribution in [0.25, 0.3) is 0 Å². The Hall–Kier alpha value is -1.71. The zero-order chi connectivity index (χ0) is 16.2. The summed E-state index contributed by atoms with van der Waals surface area (Å²) in [7, 11) is 3.25. The maximum atomic E-state index is 12.4. The molecule has 4 nitrogen and oxygen atoms in total. The molecule has 0 unspecified atom stereocenters. The van der Waals surface area contributed by atoms with Gasteiger partial charge in [0.25, 0.3) is 0 Å². The summed E-state index contributed by atoms with van der Waals surface area (Å²) in [5, 5.41) is 0. The molecule has 22 heavy (non-hydrogen) atoms. The Labute approximate surface area is 133 Å². The maximum absolute atomic E-state index is 12.4. The van der Waals surface area contributed by atoms with E-state index in [0.717, 1.165) is 37.2 Å². The summed E-state index contributed by atoms with van der Waals surface area (Å²) in [4.78, 5) is 14.4. The van der Waals surface area contributed by atoms with Crippen LogP contribution in [0, 0.1) is 5.41 Å². The van der Waals surface area contributed by atoms with Crippen molar-refractivity contribution >= 4 is 5.91 Å². The number of ether oxygens (including phenoxy) is 2. The fourth-order valence-corrected chi connectivity index (χ4v) is 3.08. The molecule has 0 bridgehead atoms. The minimum Gasteiger partial charge on any atom is -0.493 e. The summed E-state index contributed by atoms with van der Waals surface area (Å²) in [6, 6.07) is 5.84. The molecular weight excluding hydrogens is 278 g/mol. The van der Waals surface area contributed by atoms with Gasteiger partial charge in [0.15, 0.2) is 11.5 Å². The predicted octanol–water partition coefficient (Wildman–Crippen LogP) is 3.29. The Morgan fingerprint density at radius 3 is 2.59 bits per heavy atom. The molecule has 0 spiro atoms. The van der Waals surface area contributed by atoms with Crippen LogP contribution in [0.2, 0.25) is 0 Å². The average molecular weight is 305 g/mol. The lowest BCUT2D eigenvalue weighted by atomic mass is 9.84. The lowest BCUT2D eigenvalue weighted by molar-refractivity contribution is -0.134. The van der Waals surface area contributed by atoms with Crippen molar-refractivity contribution in [3.63, 3.8) is 0 Å². The molecule has 0 aromatic heterocycles. The zero-order valence-corrected chi connectivity index (χ0v) is 14.1. The van der Waals surface area contributed by atoms with Gasteiger partial charge in [-0.2, -0.15) is 0 Å². The van der Waals surface area contributed by atoms with Gasteiger partial charge in [-0.15, -0.1) is 0 Å².